The minimum Gasteiger partial charge on any atom is -0.396 e. The smallest absolute Gasteiger partial charge is 0.0431 e. The molecular weight excluding hydrogens is 188 g/mol. The highest BCUT2D eigenvalue weighted by atomic mass is 16.2. The molecule has 1 heterocycles. The zero-order valence-electron chi connectivity index (χ0n) is 9.58. The van der Waals surface area contributed by atoms with Crippen LogP contribution in [0.5, 0.6) is 0 Å². The van der Waals surface area contributed by atoms with Crippen LogP contribution in [-0.2, 0) is 13.1 Å². The van der Waals surface area contributed by atoms with Gasteiger partial charge in [-0.15, -0.1) is 0 Å². The van der Waals surface area contributed by atoms with Gasteiger partial charge in [0.25, 0.3) is 0 Å². The van der Waals surface area contributed by atoms with Crippen LogP contribution in [0.25, 0.3) is 0 Å². The van der Waals surface area contributed by atoms with Crippen molar-refractivity contribution in [3.8, 4) is 0 Å². The molecule has 2 N–H and O–H groups in total. The first kappa shape index (κ1) is 12.3. The molecule has 0 atom stereocenters. The van der Waals surface area contributed by atoms with Gasteiger partial charge < -0.3 is 15.0 Å². The van der Waals surface area contributed by atoms with E-state index in [1.165, 1.54) is 12.0 Å². The molecular formula is C12H22N2O. The number of unbranched alkanes of at least 4 members (excludes halogenated alkanes) is 1. The van der Waals surface area contributed by atoms with Crippen molar-refractivity contribution in [2.45, 2.75) is 39.3 Å². The Morgan fingerprint density at radius 2 is 2.27 bits per heavy atom. The Bertz CT molecular complexity index is 233. The largest absolute Gasteiger partial charge is 0.396 e. The molecule has 3 nitrogen and oxygen atoms in total. The van der Waals surface area contributed by atoms with Crippen molar-refractivity contribution in [2.75, 3.05) is 13.2 Å². The van der Waals surface area contributed by atoms with Gasteiger partial charge in [-0.3, -0.25) is 0 Å². The maximum atomic E-state index is 8.67. The Morgan fingerprint density at radius 1 is 1.40 bits per heavy atom. The van der Waals surface area contributed by atoms with Crippen LogP contribution >= 0.6 is 0 Å². The Morgan fingerprint density at radius 3 is 3.00 bits per heavy atom. The van der Waals surface area contributed by atoms with Crippen molar-refractivity contribution >= 4 is 0 Å². The molecule has 3 heteroatoms. The number of rotatable bonds is 8. The molecule has 0 aliphatic heterocycles. The second-order valence-corrected chi connectivity index (χ2v) is 3.87. The van der Waals surface area contributed by atoms with Gasteiger partial charge in [0.15, 0.2) is 0 Å². The van der Waals surface area contributed by atoms with E-state index in [0.717, 1.165) is 32.5 Å². The number of hydrogen-bond acceptors (Lipinski definition) is 2. The fourth-order valence-electron chi connectivity index (χ4n) is 1.55. The van der Waals surface area contributed by atoms with E-state index in [4.69, 9.17) is 5.11 Å². The van der Waals surface area contributed by atoms with Crippen LogP contribution < -0.4 is 5.32 Å². The predicted octanol–water partition coefficient (Wildman–Crippen LogP) is 1.76. The fourth-order valence-corrected chi connectivity index (χ4v) is 1.55. The Kier molecular flexibility index (Phi) is 6.12. The number of aliphatic hydroxyl groups excluding tert-OH is 1. The van der Waals surface area contributed by atoms with Gasteiger partial charge in [0.05, 0.1) is 0 Å². The monoisotopic (exact) mass is 210 g/mol. The first-order valence-electron chi connectivity index (χ1n) is 5.83. The van der Waals surface area contributed by atoms with E-state index in [0.29, 0.717) is 6.61 Å². The first-order chi connectivity index (χ1) is 7.36. The highest BCUT2D eigenvalue weighted by Gasteiger charge is 1.96. The van der Waals surface area contributed by atoms with Gasteiger partial charge in [-0.25, -0.2) is 0 Å². The first-order valence-corrected chi connectivity index (χ1v) is 5.83. The molecule has 0 aliphatic carbocycles. The molecule has 0 aliphatic rings. The van der Waals surface area contributed by atoms with Crippen LogP contribution in [0.1, 0.15) is 31.7 Å². The molecule has 0 amide bonds. The molecule has 1 aromatic heterocycles. The predicted molar refractivity (Wildman–Crippen MR) is 62.7 cm³/mol. The van der Waals surface area contributed by atoms with Crippen molar-refractivity contribution in [3.05, 3.63) is 24.0 Å². The van der Waals surface area contributed by atoms with Gasteiger partial charge in [-0.1, -0.05) is 6.92 Å². The highest BCUT2D eigenvalue weighted by molar-refractivity contribution is 5.09. The molecule has 1 rings (SSSR count). The second kappa shape index (κ2) is 7.49. The van der Waals surface area contributed by atoms with Crippen LogP contribution in [0.4, 0.5) is 0 Å². The quantitative estimate of drug-likeness (QED) is 0.642. The van der Waals surface area contributed by atoms with E-state index in [2.05, 4.69) is 35.3 Å². The van der Waals surface area contributed by atoms with Crippen molar-refractivity contribution in [1.29, 1.82) is 0 Å². The fraction of sp³-hybridized carbons (Fsp3) is 0.667. The highest BCUT2D eigenvalue weighted by Crippen LogP contribution is 2.03. The lowest BCUT2D eigenvalue weighted by Gasteiger charge is -2.01. The van der Waals surface area contributed by atoms with Crippen molar-refractivity contribution < 1.29 is 5.11 Å². The molecule has 0 spiro atoms. The summed E-state index contributed by atoms with van der Waals surface area (Å²) in [4.78, 5) is 0. The zero-order valence-corrected chi connectivity index (χ0v) is 9.58. The normalized spacial score (nSPS) is 10.8. The number of aliphatic hydroxyl groups is 1. The molecule has 86 valence electrons. The molecule has 0 fully saturated rings. The zero-order chi connectivity index (χ0) is 10.9. The lowest BCUT2D eigenvalue weighted by Crippen LogP contribution is -2.13. The third-order valence-electron chi connectivity index (χ3n) is 2.39. The third kappa shape index (κ3) is 5.00. The van der Waals surface area contributed by atoms with Crippen molar-refractivity contribution in [3.63, 3.8) is 0 Å². The van der Waals surface area contributed by atoms with E-state index >= 15 is 0 Å². The van der Waals surface area contributed by atoms with Crippen molar-refractivity contribution in [2.24, 2.45) is 0 Å². The molecule has 15 heavy (non-hydrogen) atoms. The van der Waals surface area contributed by atoms with Gasteiger partial charge in [-0.05, 0) is 37.4 Å². The molecule has 0 unspecified atom stereocenters. The summed E-state index contributed by atoms with van der Waals surface area (Å²) in [7, 11) is 0. The maximum Gasteiger partial charge on any atom is 0.0431 e. The van der Waals surface area contributed by atoms with Gasteiger partial charge in [0, 0.05) is 32.1 Å². The van der Waals surface area contributed by atoms with E-state index in [-0.39, 0.29) is 0 Å². The van der Waals surface area contributed by atoms with E-state index in [1.807, 2.05) is 0 Å². The van der Waals surface area contributed by atoms with Crippen LogP contribution in [0.15, 0.2) is 18.5 Å². The van der Waals surface area contributed by atoms with Crippen LogP contribution in [0.2, 0.25) is 0 Å². The lowest BCUT2D eigenvalue weighted by atomic mass is 10.3. The summed E-state index contributed by atoms with van der Waals surface area (Å²) in [6.07, 6.45) is 7.41. The Labute approximate surface area is 92.1 Å². The van der Waals surface area contributed by atoms with Gasteiger partial charge in [0.1, 0.15) is 0 Å². The van der Waals surface area contributed by atoms with Crippen LogP contribution in [0, 0.1) is 0 Å². The number of nitrogens with one attached hydrogen (secondary N) is 1. The number of aromatic nitrogens is 1. The molecule has 0 bridgehead atoms. The van der Waals surface area contributed by atoms with Crippen LogP contribution in [-0.4, -0.2) is 22.8 Å². The van der Waals surface area contributed by atoms with E-state index < -0.39 is 0 Å². The van der Waals surface area contributed by atoms with Gasteiger partial charge in [-0.2, -0.15) is 0 Å². The summed E-state index contributed by atoms with van der Waals surface area (Å²) in [5.41, 5.74) is 1.34. The third-order valence-corrected chi connectivity index (χ3v) is 2.39. The average Bonchev–Trinajstić information content (AvgIpc) is 2.67. The topological polar surface area (TPSA) is 37.2 Å². The lowest BCUT2D eigenvalue weighted by molar-refractivity contribution is 0.281. The standard InChI is InChI=1S/C12H22N2O/c1-2-6-13-10-12-5-8-14(11-12)7-3-4-9-15/h5,8,11,13,15H,2-4,6-7,9-10H2,1H3. The SMILES string of the molecule is CCCNCc1ccn(CCCCO)c1. The summed E-state index contributed by atoms with van der Waals surface area (Å²) >= 11 is 0. The van der Waals surface area contributed by atoms with Crippen LogP contribution in [0.3, 0.4) is 0 Å². The second-order valence-electron chi connectivity index (χ2n) is 3.87. The molecule has 0 aromatic carbocycles. The van der Waals surface area contributed by atoms with Gasteiger partial charge in [0.2, 0.25) is 0 Å². The average molecular weight is 210 g/mol. The van der Waals surface area contributed by atoms with E-state index in [1.54, 1.807) is 0 Å². The Balaban J connectivity index is 2.23. The molecule has 1 aromatic rings. The summed E-state index contributed by atoms with van der Waals surface area (Å²) in [6, 6.07) is 2.15. The number of aryl methyl sites for hydroxylation is 1. The minimum absolute atomic E-state index is 0.298. The summed E-state index contributed by atoms with van der Waals surface area (Å²) in [6.45, 7) is 5.52. The molecule has 0 saturated carbocycles. The molecule has 0 radical (unpaired) electrons. The Hall–Kier alpha value is -0.800. The summed E-state index contributed by atoms with van der Waals surface area (Å²) in [5.74, 6) is 0. The van der Waals surface area contributed by atoms with E-state index in [9.17, 15) is 0 Å². The number of hydrogen-bond donors (Lipinski definition) is 2. The minimum atomic E-state index is 0.298. The molecule has 0 saturated heterocycles. The maximum absolute atomic E-state index is 8.67. The number of nitrogens with zero attached hydrogens (tertiary/aromatic N) is 1. The van der Waals surface area contributed by atoms with Crippen molar-refractivity contribution in [1.82, 2.24) is 9.88 Å². The van der Waals surface area contributed by atoms with Gasteiger partial charge >= 0.3 is 0 Å². The summed E-state index contributed by atoms with van der Waals surface area (Å²) in [5, 5.41) is 12.1. The summed E-state index contributed by atoms with van der Waals surface area (Å²) < 4.78 is 2.19.